The molecular weight excluding hydrogens is 301 g/mol. The van der Waals surface area contributed by atoms with Gasteiger partial charge in [-0.2, -0.15) is 0 Å². The molecule has 0 radical (unpaired) electrons. The average molecular weight is 316 g/mol. The topological polar surface area (TPSA) is 40.5 Å². The van der Waals surface area contributed by atoms with E-state index < -0.39 is 11.9 Å². The Labute approximate surface area is 114 Å². The van der Waals surface area contributed by atoms with E-state index in [1.807, 2.05) is 0 Å². The summed E-state index contributed by atoms with van der Waals surface area (Å²) in [6.45, 7) is 2.87. The highest BCUT2D eigenvalue weighted by atomic mass is 79.9. The Morgan fingerprint density at radius 3 is 2.94 bits per heavy atom. The molecule has 1 heterocycles. The quantitative estimate of drug-likeness (QED) is 0.910. The molecule has 0 bridgehead atoms. The van der Waals surface area contributed by atoms with Gasteiger partial charge in [-0.05, 0) is 47.5 Å². The number of aliphatic hydroxyl groups excluding tert-OH is 1. The Morgan fingerprint density at radius 2 is 2.33 bits per heavy atom. The first-order valence-corrected chi connectivity index (χ1v) is 6.70. The van der Waals surface area contributed by atoms with Crippen LogP contribution in [-0.4, -0.2) is 35.1 Å². The second-order valence-electron chi connectivity index (χ2n) is 4.66. The molecule has 2 unspecified atom stereocenters. The van der Waals surface area contributed by atoms with Crippen LogP contribution in [0.15, 0.2) is 22.7 Å². The minimum atomic E-state index is -0.423. The van der Waals surface area contributed by atoms with Crippen LogP contribution in [0.5, 0.6) is 0 Å². The van der Waals surface area contributed by atoms with E-state index in [1.54, 1.807) is 11.8 Å². The summed E-state index contributed by atoms with van der Waals surface area (Å²) in [5.74, 6) is -0.501. The largest absolute Gasteiger partial charge is 0.393 e. The number of amides is 1. The normalized spacial score (nSPS) is 21.1. The Hall–Kier alpha value is -0.940. The molecular formula is C13H15BrFNO2. The van der Waals surface area contributed by atoms with Gasteiger partial charge in [-0.15, -0.1) is 0 Å². The first-order chi connectivity index (χ1) is 8.49. The maximum Gasteiger partial charge on any atom is 0.255 e. The summed E-state index contributed by atoms with van der Waals surface area (Å²) in [6, 6.07) is 4.08. The summed E-state index contributed by atoms with van der Waals surface area (Å²) >= 11 is 3.26. The lowest BCUT2D eigenvalue weighted by Crippen LogP contribution is -2.30. The number of carbonyl (C=O) groups excluding carboxylic acids is 1. The van der Waals surface area contributed by atoms with Crippen LogP contribution < -0.4 is 0 Å². The smallest absolute Gasteiger partial charge is 0.255 e. The molecule has 18 heavy (non-hydrogen) atoms. The first-order valence-electron chi connectivity index (χ1n) is 5.91. The monoisotopic (exact) mass is 315 g/mol. The predicted molar refractivity (Wildman–Crippen MR) is 69.8 cm³/mol. The number of carbonyl (C=O) groups is 1. The van der Waals surface area contributed by atoms with Crippen molar-refractivity contribution in [3.8, 4) is 0 Å². The van der Waals surface area contributed by atoms with Gasteiger partial charge in [0.2, 0.25) is 0 Å². The third kappa shape index (κ3) is 2.72. The van der Waals surface area contributed by atoms with Crippen molar-refractivity contribution in [3.05, 3.63) is 34.1 Å². The molecule has 1 saturated heterocycles. The molecule has 1 fully saturated rings. The molecule has 2 rings (SSSR count). The summed E-state index contributed by atoms with van der Waals surface area (Å²) in [6.07, 6.45) is 0.370. The van der Waals surface area contributed by atoms with Crippen LogP contribution in [0.3, 0.4) is 0 Å². The molecule has 3 nitrogen and oxygen atoms in total. The van der Waals surface area contributed by atoms with Gasteiger partial charge < -0.3 is 10.0 Å². The van der Waals surface area contributed by atoms with E-state index in [9.17, 15) is 14.3 Å². The van der Waals surface area contributed by atoms with Crippen molar-refractivity contribution < 1.29 is 14.3 Å². The number of likely N-dealkylation sites (tertiary alicyclic amines) is 1. The van der Waals surface area contributed by atoms with E-state index in [2.05, 4.69) is 15.9 Å². The molecule has 0 aliphatic carbocycles. The molecule has 0 aromatic heterocycles. The molecule has 5 heteroatoms. The molecule has 1 aliphatic rings. The highest BCUT2D eigenvalue weighted by Crippen LogP contribution is 2.25. The highest BCUT2D eigenvalue weighted by molar-refractivity contribution is 9.10. The number of halogens is 2. The van der Waals surface area contributed by atoms with E-state index in [0.717, 1.165) is 6.42 Å². The van der Waals surface area contributed by atoms with E-state index in [-0.39, 0.29) is 11.8 Å². The first kappa shape index (κ1) is 13.5. The van der Waals surface area contributed by atoms with Crippen molar-refractivity contribution in [1.29, 1.82) is 0 Å². The summed E-state index contributed by atoms with van der Waals surface area (Å²) < 4.78 is 13.8. The van der Waals surface area contributed by atoms with Gasteiger partial charge in [0.15, 0.2) is 0 Å². The molecule has 1 aromatic rings. The van der Waals surface area contributed by atoms with Crippen LogP contribution in [0, 0.1) is 11.7 Å². The molecule has 0 spiro atoms. The van der Waals surface area contributed by atoms with Gasteiger partial charge in [-0.1, -0.05) is 0 Å². The van der Waals surface area contributed by atoms with Crippen molar-refractivity contribution in [3.63, 3.8) is 0 Å². The van der Waals surface area contributed by atoms with Crippen molar-refractivity contribution in [2.75, 3.05) is 13.1 Å². The fourth-order valence-electron chi connectivity index (χ4n) is 2.20. The third-order valence-electron chi connectivity index (χ3n) is 3.35. The Bertz CT molecular complexity index is 464. The van der Waals surface area contributed by atoms with Gasteiger partial charge in [0.25, 0.3) is 5.91 Å². The van der Waals surface area contributed by atoms with E-state index in [4.69, 9.17) is 0 Å². The minimum Gasteiger partial charge on any atom is -0.393 e. The maximum absolute atomic E-state index is 13.2. The standard InChI is InChI=1S/C13H15BrFNO2/c1-8(17)9-4-5-16(7-9)13(18)11-6-10(15)2-3-12(11)14/h2-3,6,8-9,17H,4-5,7H2,1H3. The fourth-order valence-corrected chi connectivity index (χ4v) is 2.61. The van der Waals surface area contributed by atoms with E-state index >= 15 is 0 Å². The Balaban J connectivity index is 2.15. The summed E-state index contributed by atoms with van der Waals surface area (Å²) in [5, 5.41) is 9.51. The Kier molecular flexibility index (Phi) is 4.02. The van der Waals surface area contributed by atoms with Gasteiger partial charge in [-0.25, -0.2) is 4.39 Å². The molecule has 0 saturated carbocycles. The number of benzene rings is 1. The zero-order valence-electron chi connectivity index (χ0n) is 10.1. The number of hydrogen-bond donors (Lipinski definition) is 1. The van der Waals surface area contributed by atoms with Crippen LogP contribution in [0.4, 0.5) is 4.39 Å². The molecule has 98 valence electrons. The van der Waals surface area contributed by atoms with Gasteiger partial charge in [0, 0.05) is 23.5 Å². The third-order valence-corrected chi connectivity index (χ3v) is 4.04. The van der Waals surface area contributed by atoms with E-state index in [1.165, 1.54) is 18.2 Å². The maximum atomic E-state index is 13.2. The molecule has 1 N–H and O–H groups in total. The van der Waals surface area contributed by atoms with Crippen LogP contribution in [0.2, 0.25) is 0 Å². The van der Waals surface area contributed by atoms with Crippen LogP contribution in [0.25, 0.3) is 0 Å². The van der Waals surface area contributed by atoms with Crippen LogP contribution in [-0.2, 0) is 0 Å². The summed E-state index contributed by atoms with van der Waals surface area (Å²) in [4.78, 5) is 13.9. The lowest BCUT2D eigenvalue weighted by molar-refractivity contribution is 0.0761. The van der Waals surface area contributed by atoms with Crippen molar-refractivity contribution in [2.24, 2.45) is 5.92 Å². The zero-order chi connectivity index (χ0) is 13.3. The minimum absolute atomic E-state index is 0.112. The predicted octanol–water partition coefficient (Wildman–Crippen LogP) is 2.43. The van der Waals surface area contributed by atoms with Crippen molar-refractivity contribution >= 4 is 21.8 Å². The number of rotatable bonds is 2. The number of hydrogen-bond acceptors (Lipinski definition) is 2. The fraction of sp³-hybridized carbons (Fsp3) is 0.462. The second-order valence-corrected chi connectivity index (χ2v) is 5.52. The van der Waals surface area contributed by atoms with Crippen LogP contribution >= 0.6 is 15.9 Å². The highest BCUT2D eigenvalue weighted by Gasteiger charge is 2.30. The lowest BCUT2D eigenvalue weighted by Gasteiger charge is -2.18. The summed E-state index contributed by atoms with van der Waals surface area (Å²) in [7, 11) is 0. The molecule has 1 aromatic carbocycles. The SMILES string of the molecule is CC(O)C1CCN(C(=O)c2cc(F)ccc2Br)C1. The Morgan fingerprint density at radius 1 is 1.61 bits per heavy atom. The molecule has 1 amide bonds. The average Bonchev–Trinajstić information content (AvgIpc) is 2.81. The van der Waals surface area contributed by atoms with Crippen molar-refractivity contribution in [1.82, 2.24) is 4.90 Å². The van der Waals surface area contributed by atoms with Crippen LogP contribution in [0.1, 0.15) is 23.7 Å². The van der Waals surface area contributed by atoms with Gasteiger partial charge in [0.1, 0.15) is 5.82 Å². The van der Waals surface area contributed by atoms with Gasteiger partial charge in [-0.3, -0.25) is 4.79 Å². The molecule has 1 aliphatic heterocycles. The van der Waals surface area contributed by atoms with Gasteiger partial charge in [0.05, 0.1) is 11.7 Å². The molecule has 2 atom stereocenters. The lowest BCUT2D eigenvalue weighted by atomic mass is 10.0. The van der Waals surface area contributed by atoms with E-state index in [0.29, 0.717) is 23.1 Å². The number of nitrogens with zero attached hydrogens (tertiary/aromatic N) is 1. The second kappa shape index (κ2) is 5.36. The zero-order valence-corrected chi connectivity index (χ0v) is 11.7. The van der Waals surface area contributed by atoms with Gasteiger partial charge >= 0.3 is 0 Å². The number of aliphatic hydroxyl groups is 1. The summed E-state index contributed by atoms with van der Waals surface area (Å²) in [5.41, 5.74) is 0.334. The van der Waals surface area contributed by atoms with Crippen molar-refractivity contribution in [2.45, 2.75) is 19.4 Å².